The van der Waals surface area contributed by atoms with Crippen LogP contribution in [0.25, 0.3) is 0 Å². The minimum Gasteiger partial charge on any atom is -0.312 e. The molecule has 0 bridgehead atoms. The zero-order valence-corrected chi connectivity index (χ0v) is 8.54. The molecule has 11 heavy (non-hydrogen) atoms. The molecule has 0 saturated carbocycles. The van der Waals surface area contributed by atoms with Crippen LogP contribution in [-0.2, 0) is 0 Å². The van der Waals surface area contributed by atoms with E-state index in [9.17, 15) is 0 Å². The van der Waals surface area contributed by atoms with E-state index in [2.05, 4.69) is 33.0 Å². The quantitative estimate of drug-likeness (QED) is 0.625. The lowest BCUT2D eigenvalue weighted by atomic mass is 9.97. The Bertz CT molecular complexity index is 76.9. The fraction of sp³-hybridized carbons (Fsp3) is 1.00. The van der Waals surface area contributed by atoms with Gasteiger partial charge >= 0.3 is 0 Å². The van der Waals surface area contributed by atoms with Gasteiger partial charge in [0, 0.05) is 5.54 Å². The second-order valence-electron chi connectivity index (χ2n) is 3.91. The van der Waals surface area contributed by atoms with Crippen molar-refractivity contribution >= 4 is 0 Å². The predicted molar refractivity (Wildman–Crippen MR) is 51.9 cm³/mol. The predicted octanol–water partition coefficient (Wildman–Crippen LogP) is 2.95. The molecule has 0 amide bonds. The van der Waals surface area contributed by atoms with Gasteiger partial charge in [-0.3, -0.25) is 0 Å². The molecular formula is C10H23N. The van der Waals surface area contributed by atoms with Gasteiger partial charge in [-0.25, -0.2) is 0 Å². The van der Waals surface area contributed by atoms with E-state index in [4.69, 9.17) is 0 Å². The van der Waals surface area contributed by atoms with E-state index >= 15 is 0 Å². The standard InChI is InChI=1S/C10H23N/c1-5-7-8-10(3,4)11-9-6-2/h11H,5-9H2,1-4H3. The Hall–Kier alpha value is -0.0400. The van der Waals surface area contributed by atoms with E-state index in [0.29, 0.717) is 5.54 Å². The average molecular weight is 157 g/mol. The van der Waals surface area contributed by atoms with Gasteiger partial charge in [0.25, 0.3) is 0 Å². The fourth-order valence-corrected chi connectivity index (χ4v) is 1.17. The summed E-state index contributed by atoms with van der Waals surface area (Å²) in [6.07, 6.45) is 5.17. The summed E-state index contributed by atoms with van der Waals surface area (Å²) < 4.78 is 0. The molecule has 0 aliphatic rings. The van der Waals surface area contributed by atoms with Crippen LogP contribution in [-0.4, -0.2) is 12.1 Å². The van der Waals surface area contributed by atoms with Crippen LogP contribution in [0.1, 0.15) is 53.4 Å². The minimum absolute atomic E-state index is 0.353. The molecule has 68 valence electrons. The van der Waals surface area contributed by atoms with E-state index in [1.807, 2.05) is 0 Å². The smallest absolute Gasteiger partial charge is 0.0125 e. The number of rotatable bonds is 6. The van der Waals surface area contributed by atoms with Crippen LogP contribution in [0.5, 0.6) is 0 Å². The highest BCUT2D eigenvalue weighted by atomic mass is 14.9. The molecule has 1 heteroatoms. The Balaban J connectivity index is 3.43. The van der Waals surface area contributed by atoms with Crippen LogP contribution < -0.4 is 5.32 Å². The highest BCUT2D eigenvalue weighted by Gasteiger charge is 2.14. The molecule has 0 rings (SSSR count). The fourth-order valence-electron chi connectivity index (χ4n) is 1.17. The summed E-state index contributed by atoms with van der Waals surface area (Å²) >= 11 is 0. The highest BCUT2D eigenvalue weighted by Crippen LogP contribution is 2.12. The minimum atomic E-state index is 0.353. The van der Waals surface area contributed by atoms with Crippen molar-refractivity contribution in [1.29, 1.82) is 0 Å². The Kier molecular flexibility index (Phi) is 5.57. The van der Waals surface area contributed by atoms with E-state index in [0.717, 1.165) is 6.54 Å². The largest absolute Gasteiger partial charge is 0.312 e. The van der Waals surface area contributed by atoms with E-state index in [-0.39, 0.29) is 0 Å². The van der Waals surface area contributed by atoms with Crippen molar-refractivity contribution in [2.24, 2.45) is 0 Å². The lowest BCUT2D eigenvalue weighted by Gasteiger charge is -2.25. The maximum atomic E-state index is 3.54. The SMILES string of the molecule is CCCCC(C)(C)NCCC. The lowest BCUT2D eigenvalue weighted by Crippen LogP contribution is -2.39. The molecule has 0 aromatic heterocycles. The first kappa shape index (κ1) is 11.0. The van der Waals surface area contributed by atoms with Crippen molar-refractivity contribution < 1.29 is 0 Å². The van der Waals surface area contributed by atoms with Crippen molar-refractivity contribution in [3.63, 3.8) is 0 Å². The third kappa shape index (κ3) is 6.36. The van der Waals surface area contributed by atoms with Gasteiger partial charge in [-0.2, -0.15) is 0 Å². The number of nitrogens with one attached hydrogen (secondary N) is 1. The molecular weight excluding hydrogens is 134 g/mol. The van der Waals surface area contributed by atoms with Gasteiger partial charge in [0.15, 0.2) is 0 Å². The summed E-state index contributed by atoms with van der Waals surface area (Å²) in [5, 5.41) is 3.54. The van der Waals surface area contributed by atoms with Crippen LogP contribution in [0.2, 0.25) is 0 Å². The molecule has 0 aromatic rings. The summed E-state index contributed by atoms with van der Waals surface area (Å²) in [4.78, 5) is 0. The Morgan fingerprint density at radius 1 is 1.09 bits per heavy atom. The van der Waals surface area contributed by atoms with Crippen LogP contribution >= 0.6 is 0 Å². The second-order valence-corrected chi connectivity index (χ2v) is 3.91. The first-order valence-electron chi connectivity index (χ1n) is 4.87. The summed E-state index contributed by atoms with van der Waals surface area (Å²) in [7, 11) is 0. The first-order chi connectivity index (χ1) is 5.12. The summed E-state index contributed by atoms with van der Waals surface area (Å²) in [6.45, 7) is 10.2. The zero-order valence-electron chi connectivity index (χ0n) is 8.54. The molecule has 0 aromatic carbocycles. The molecule has 1 nitrogen and oxygen atoms in total. The van der Waals surface area contributed by atoms with Gasteiger partial charge in [-0.1, -0.05) is 26.7 Å². The van der Waals surface area contributed by atoms with Crippen molar-refractivity contribution in [1.82, 2.24) is 5.32 Å². The average Bonchev–Trinajstić information content (AvgIpc) is 1.97. The van der Waals surface area contributed by atoms with Crippen LogP contribution in [0, 0.1) is 0 Å². The van der Waals surface area contributed by atoms with E-state index in [1.165, 1.54) is 25.7 Å². The number of hydrogen-bond acceptors (Lipinski definition) is 1. The molecule has 0 atom stereocenters. The molecule has 0 spiro atoms. The van der Waals surface area contributed by atoms with Crippen LogP contribution in [0.4, 0.5) is 0 Å². The molecule has 0 fully saturated rings. The third-order valence-corrected chi connectivity index (χ3v) is 2.01. The van der Waals surface area contributed by atoms with Crippen molar-refractivity contribution in [2.75, 3.05) is 6.54 Å². The van der Waals surface area contributed by atoms with Crippen molar-refractivity contribution in [3.8, 4) is 0 Å². The highest BCUT2D eigenvalue weighted by molar-refractivity contribution is 4.76. The lowest BCUT2D eigenvalue weighted by molar-refractivity contribution is 0.353. The maximum absolute atomic E-state index is 3.54. The molecule has 0 aliphatic heterocycles. The Morgan fingerprint density at radius 3 is 2.18 bits per heavy atom. The summed E-state index contributed by atoms with van der Waals surface area (Å²) in [5.74, 6) is 0. The molecule has 0 unspecified atom stereocenters. The maximum Gasteiger partial charge on any atom is 0.0125 e. The second kappa shape index (κ2) is 5.59. The monoisotopic (exact) mass is 157 g/mol. The van der Waals surface area contributed by atoms with E-state index < -0.39 is 0 Å². The van der Waals surface area contributed by atoms with Gasteiger partial charge < -0.3 is 5.32 Å². The molecule has 0 aliphatic carbocycles. The molecule has 0 radical (unpaired) electrons. The zero-order chi connectivity index (χ0) is 8.74. The van der Waals surface area contributed by atoms with Gasteiger partial charge in [0.05, 0.1) is 0 Å². The van der Waals surface area contributed by atoms with Gasteiger partial charge in [-0.05, 0) is 33.2 Å². The normalized spacial score (nSPS) is 12.0. The molecule has 0 saturated heterocycles. The topological polar surface area (TPSA) is 12.0 Å². The van der Waals surface area contributed by atoms with Crippen LogP contribution in [0.15, 0.2) is 0 Å². The van der Waals surface area contributed by atoms with Gasteiger partial charge in [-0.15, -0.1) is 0 Å². The number of unbranched alkanes of at least 4 members (excludes halogenated alkanes) is 1. The molecule has 0 heterocycles. The summed E-state index contributed by atoms with van der Waals surface area (Å²) in [5.41, 5.74) is 0.353. The van der Waals surface area contributed by atoms with Crippen molar-refractivity contribution in [2.45, 2.75) is 58.9 Å². The Labute approximate surface area is 71.6 Å². The number of hydrogen-bond donors (Lipinski definition) is 1. The first-order valence-corrected chi connectivity index (χ1v) is 4.87. The van der Waals surface area contributed by atoms with Crippen LogP contribution in [0.3, 0.4) is 0 Å². The van der Waals surface area contributed by atoms with E-state index in [1.54, 1.807) is 0 Å². The van der Waals surface area contributed by atoms with Gasteiger partial charge in [0.1, 0.15) is 0 Å². The summed E-state index contributed by atoms with van der Waals surface area (Å²) in [6, 6.07) is 0. The third-order valence-electron chi connectivity index (χ3n) is 2.01. The van der Waals surface area contributed by atoms with Gasteiger partial charge in [0.2, 0.25) is 0 Å². The Morgan fingerprint density at radius 2 is 1.73 bits per heavy atom. The van der Waals surface area contributed by atoms with Crippen molar-refractivity contribution in [3.05, 3.63) is 0 Å². The molecule has 1 N–H and O–H groups in total.